The van der Waals surface area contributed by atoms with Crippen molar-refractivity contribution < 1.29 is 9.90 Å². The number of phenolic OH excluding ortho intramolecular Hbond substituents is 1. The topological polar surface area (TPSA) is 79.9 Å². The van der Waals surface area contributed by atoms with Crippen molar-refractivity contribution in [2.75, 3.05) is 52.1 Å². The summed E-state index contributed by atoms with van der Waals surface area (Å²) in [6.07, 6.45) is 0. The van der Waals surface area contributed by atoms with Gasteiger partial charge in [-0.1, -0.05) is 72.3 Å². The summed E-state index contributed by atoms with van der Waals surface area (Å²) < 4.78 is 0. The fraction of sp³-hybridized carbons (Fsp3) is 0.222. The Labute approximate surface area is 318 Å². The number of carbonyl (C=O) groups excluding carboxylic acids is 1. The number of nitrogens with zero attached hydrogens (tertiary/aromatic N) is 2. The monoisotopic (exact) mass is 725 g/mol. The van der Waals surface area contributed by atoms with E-state index in [1.807, 2.05) is 43.3 Å². The lowest BCUT2D eigenvalue weighted by atomic mass is 9.85. The van der Waals surface area contributed by atoms with E-state index in [1.54, 1.807) is 24.3 Å². The first-order chi connectivity index (χ1) is 25.7. The van der Waals surface area contributed by atoms with Gasteiger partial charge in [0.1, 0.15) is 5.69 Å². The Kier molecular flexibility index (Phi) is 11.8. The van der Waals surface area contributed by atoms with Crippen LogP contribution in [-0.2, 0) is 0 Å². The molecule has 272 valence electrons. The standard InChI is InChI=1S/C45H48ClN5O2/c1-6-50(7-2)37-23-16-32(17-24-37)42(33-18-25-38(26-19-33)51(8-3)9-4)31-14-21-36(22-15-31)48-49-43-39-13-11-10-12-34(39)29-40(44(43)52)45(53)47-41-27-20-35(46)28-30(41)5/h10-29,42,48-49,52H,6-9H2,1-5H3,(H,47,53). The molecule has 0 aliphatic heterocycles. The van der Waals surface area contributed by atoms with E-state index in [0.717, 1.165) is 53.8 Å². The molecule has 6 rings (SSSR count). The summed E-state index contributed by atoms with van der Waals surface area (Å²) >= 11 is 6.12. The molecule has 0 radical (unpaired) electrons. The van der Waals surface area contributed by atoms with Crippen LogP contribution in [0.15, 0.2) is 121 Å². The molecule has 0 saturated carbocycles. The molecule has 0 unspecified atom stereocenters. The Morgan fingerprint density at radius 1 is 0.679 bits per heavy atom. The van der Waals surface area contributed by atoms with Crippen molar-refractivity contribution in [3.8, 4) is 5.75 Å². The first-order valence-electron chi connectivity index (χ1n) is 18.4. The third-order valence-electron chi connectivity index (χ3n) is 9.99. The van der Waals surface area contributed by atoms with E-state index in [2.05, 4.69) is 114 Å². The second-order valence-corrected chi connectivity index (χ2v) is 13.6. The second kappa shape index (κ2) is 16.8. The lowest BCUT2D eigenvalue weighted by Gasteiger charge is -2.25. The molecule has 0 heterocycles. The minimum absolute atomic E-state index is 0.0287. The minimum atomic E-state index is -0.424. The Balaban J connectivity index is 1.28. The van der Waals surface area contributed by atoms with Gasteiger partial charge in [-0.2, -0.15) is 0 Å². The van der Waals surface area contributed by atoms with E-state index in [9.17, 15) is 9.90 Å². The molecule has 7 nitrogen and oxygen atoms in total. The number of nitrogens with one attached hydrogen (secondary N) is 3. The quantitative estimate of drug-likeness (QED) is 0.0509. The van der Waals surface area contributed by atoms with Gasteiger partial charge in [0.15, 0.2) is 5.75 Å². The number of benzene rings is 6. The number of carbonyl (C=O) groups is 1. The molecule has 0 aliphatic carbocycles. The summed E-state index contributed by atoms with van der Waals surface area (Å²) in [6, 6.07) is 40.8. The highest BCUT2D eigenvalue weighted by Crippen LogP contribution is 2.38. The largest absolute Gasteiger partial charge is 0.505 e. The number of hydrogen-bond donors (Lipinski definition) is 4. The number of amides is 1. The highest BCUT2D eigenvalue weighted by molar-refractivity contribution is 6.30. The predicted octanol–water partition coefficient (Wildman–Crippen LogP) is 11.1. The van der Waals surface area contributed by atoms with Gasteiger partial charge >= 0.3 is 0 Å². The number of hydrazine groups is 1. The molecule has 0 saturated heterocycles. The minimum Gasteiger partial charge on any atom is -0.505 e. The van der Waals surface area contributed by atoms with E-state index in [0.29, 0.717) is 16.4 Å². The molecule has 0 aliphatic rings. The molecule has 1 amide bonds. The van der Waals surface area contributed by atoms with Crippen molar-refractivity contribution in [2.45, 2.75) is 40.5 Å². The van der Waals surface area contributed by atoms with Crippen LogP contribution in [0.2, 0.25) is 5.02 Å². The lowest BCUT2D eigenvalue weighted by Crippen LogP contribution is -2.21. The molecule has 0 fully saturated rings. The number of aryl methyl sites for hydroxylation is 1. The second-order valence-electron chi connectivity index (χ2n) is 13.1. The molecule has 0 aromatic heterocycles. The van der Waals surface area contributed by atoms with Gasteiger partial charge in [0, 0.05) is 59.6 Å². The molecular formula is C45H48ClN5O2. The number of aromatic hydroxyl groups is 1. The van der Waals surface area contributed by atoms with Crippen molar-refractivity contribution in [2.24, 2.45) is 0 Å². The lowest BCUT2D eigenvalue weighted by molar-refractivity contribution is 0.102. The number of hydrogen-bond acceptors (Lipinski definition) is 6. The highest BCUT2D eigenvalue weighted by atomic mass is 35.5. The van der Waals surface area contributed by atoms with Crippen LogP contribution >= 0.6 is 11.6 Å². The summed E-state index contributed by atoms with van der Waals surface area (Å²) in [5.41, 5.74) is 15.3. The maximum atomic E-state index is 13.5. The Morgan fingerprint density at radius 3 is 1.74 bits per heavy atom. The van der Waals surface area contributed by atoms with Crippen molar-refractivity contribution in [3.05, 3.63) is 154 Å². The molecule has 6 aromatic rings. The molecule has 4 N–H and O–H groups in total. The maximum Gasteiger partial charge on any atom is 0.259 e. The summed E-state index contributed by atoms with van der Waals surface area (Å²) in [5.74, 6) is -0.549. The van der Waals surface area contributed by atoms with Gasteiger partial charge in [-0.25, -0.2) is 0 Å². The predicted molar refractivity (Wildman–Crippen MR) is 224 cm³/mol. The fourth-order valence-corrected chi connectivity index (χ4v) is 7.22. The smallest absolute Gasteiger partial charge is 0.259 e. The van der Waals surface area contributed by atoms with Crippen LogP contribution in [0.4, 0.5) is 28.4 Å². The molecule has 0 bridgehead atoms. The van der Waals surface area contributed by atoms with Gasteiger partial charge in [0.2, 0.25) is 0 Å². The van der Waals surface area contributed by atoms with Crippen LogP contribution in [0.5, 0.6) is 5.75 Å². The summed E-state index contributed by atoms with van der Waals surface area (Å²) in [5, 5.41) is 16.6. The van der Waals surface area contributed by atoms with E-state index < -0.39 is 5.91 Å². The average molecular weight is 726 g/mol. The number of rotatable bonds is 14. The number of fused-ring (bicyclic) bond motifs is 1. The van der Waals surface area contributed by atoms with Gasteiger partial charge in [-0.15, -0.1) is 0 Å². The summed E-state index contributed by atoms with van der Waals surface area (Å²) in [7, 11) is 0. The fourth-order valence-electron chi connectivity index (χ4n) is 7.00. The molecule has 0 atom stereocenters. The summed E-state index contributed by atoms with van der Waals surface area (Å²) in [4.78, 5) is 18.2. The first-order valence-corrected chi connectivity index (χ1v) is 18.8. The van der Waals surface area contributed by atoms with E-state index >= 15 is 0 Å². The van der Waals surface area contributed by atoms with Gasteiger partial charge < -0.3 is 25.6 Å². The Bertz CT molecular complexity index is 2110. The van der Waals surface area contributed by atoms with E-state index in [4.69, 9.17) is 11.6 Å². The van der Waals surface area contributed by atoms with Crippen molar-refractivity contribution in [3.63, 3.8) is 0 Å². The number of halogens is 1. The maximum absolute atomic E-state index is 13.5. The summed E-state index contributed by atoms with van der Waals surface area (Å²) in [6.45, 7) is 14.5. The van der Waals surface area contributed by atoms with Crippen LogP contribution in [0.1, 0.15) is 66.2 Å². The normalized spacial score (nSPS) is 11.1. The molecular weight excluding hydrogens is 678 g/mol. The van der Waals surface area contributed by atoms with E-state index in [1.165, 1.54) is 22.5 Å². The van der Waals surface area contributed by atoms with Crippen LogP contribution in [-0.4, -0.2) is 37.2 Å². The first kappa shape index (κ1) is 37.1. The number of anilines is 5. The third kappa shape index (κ3) is 8.21. The zero-order valence-corrected chi connectivity index (χ0v) is 31.8. The molecule has 8 heteroatoms. The van der Waals surface area contributed by atoms with Crippen molar-refractivity contribution in [1.82, 2.24) is 0 Å². The Morgan fingerprint density at radius 2 is 1.21 bits per heavy atom. The van der Waals surface area contributed by atoms with Crippen LogP contribution in [0, 0.1) is 6.92 Å². The molecule has 53 heavy (non-hydrogen) atoms. The number of phenols is 1. The molecule has 6 aromatic carbocycles. The van der Waals surface area contributed by atoms with Crippen LogP contribution in [0.3, 0.4) is 0 Å². The average Bonchev–Trinajstić information content (AvgIpc) is 3.18. The van der Waals surface area contributed by atoms with Crippen LogP contribution in [0.25, 0.3) is 10.8 Å². The van der Waals surface area contributed by atoms with Gasteiger partial charge in [0.05, 0.1) is 11.3 Å². The van der Waals surface area contributed by atoms with Crippen molar-refractivity contribution in [1.29, 1.82) is 0 Å². The highest BCUT2D eigenvalue weighted by Gasteiger charge is 2.21. The Hall–Kier alpha value is -5.66. The van der Waals surface area contributed by atoms with Gasteiger partial charge in [-0.05, 0) is 123 Å². The zero-order chi connectivity index (χ0) is 37.5. The van der Waals surface area contributed by atoms with Crippen molar-refractivity contribution >= 4 is 56.7 Å². The third-order valence-corrected chi connectivity index (χ3v) is 10.2. The van der Waals surface area contributed by atoms with E-state index in [-0.39, 0.29) is 17.2 Å². The zero-order valence-electron chi connectivity index (χ0n) is 31.1. The van der Waals surface area contributed by atoms with Gasteiger partial charge in [0.25, 0.3) is 5.91 Å². The SMILES string of the molecule is CCN(CC)c1ccc(C(c2ccc(NNc3c(O)c(C(=O)Nc4ccc(Cl)cc4C)cc4ccccc34)cc2)c2ccc(N(CC)CC)cc2)cc1. The van der Waals surface area contributed by atoms with Gasteiger partial charge in [-0.3, -0.25) is 10.2 Å². The van der Waals surface area contributed by atoms with Crippen LogP contribution < -0.4 is 26.0 Å². The molecule has 0 spiro atoms.